The molecule has 0 atom stereocenters. The van der Waals surface area contributed by atoms with E-state index >= 15 is 0 Å². The molecule has 0 bridgehead atoms. The van der Waals surface area contributed by atoms with Gasteiger partial charge in [-0.15, -0.1) is 4.83 Å². The van der Waals surface area contributed by atoms with Gasteiger partial charge in [0.2, 0.25) is 5.91 Å². The normalized spacial score (nSPS) is 10.8. The van der Waals surface area contributed by atoms with Crippen molar-refractivity contribution in [3.05, 3.63) is 48.0 Å². The van der Waals surface area contributed by atoms with Crippen molar-refractivity contribution in [1.82, 2.24) is 10.3 Å². The van der Waals surface area contributed by atoms with E-state index in [1.54, 1.807) is 12.1 Å². The Kier molecular flexibility index (Phi) is 6.96. The molecular weight excluding hydrogens is 386 g/mol. The summed E-state index contributed by atoms with van der Waals surface area (Å²) in [5.74, 6) is -0.122. The molecule has 2 rings (SSSR count). The highest BCUT2D eigenvalue weighted by Crippen LogP contribution is 2.27. The summed E-state index contributed by atoms with van der Waals surface area (Å²) in [4.78, 5) is 25.3. The van der Waals surface area contributed by atoms with Crippen LogP contribution in [0.2, 0.25) is 0 Å². The SMILES string of the molecule is CCOc1ccc(C(=O)NNS(=O)(=O)c2ccc(OC)c(NC(C)=O)c2)cc1. The highest BCUT2D eigenvalue weighted by molar-refractivity contribution is 7.89. The maximum absolute atomic E-state index is 12.4. The minimum Gasteiger partial charge on any atom is -0.495 e. The Hall–Kier alpha value is -3.11. The Morgan fingerprint density at radius 1 is 1.07 bits per heavy atom. The lowest BCUT2D eigenvalue weighted by atomic mass is 10.2. The van der Waals surface area contributed by atoms with Gasteiger partial charge in [0.05, 0.1) is 24.3 Å². The first-order valence-corrected chi connectivity index (χ1v) is 9.75. The van der Waals surface area contributed by atoms with Gasteiger partial charge in [0, 0.05) is 12.5 Å². The molecular formula is C18H21N3O6S. The predicted octanol–water partition coefficient (Wildman–Crippen LogP) is 1.68. The van der Waals surface area contributed by atoms with Crippen molar-refractivity contribution in [2.45, 2.75) is 18.7 Å². The van der Waals surface area contributed by atoms with Crippen LogP contribution in [0.5, 0.6) is 11.5 Å². The monoisotopic (exact) mass is 407 g/mol. The van der Waals surface area contributed by atoms with Gasteiger partial charge in [0.25, 0.3) is 15.9 Å². The van der Waals surface area contributed by atoms with E-state index in [0.717, 1.165) is 0 Å². The summed E-state index contributed by atoms with van der Waals surface area (Å²) in [6, 6.07) is 10.1. The zero-order valence-corrected chi connectivity index (χ0v) is 16.4. The third-order valence-electron chi connectivity index (χ3n) is 3.52. The van der Waals surface area contributed by atoms with E-state index in [-0.39, 0.29) is 22.1 Å². The van der Waals surface area contributed by atoms with Gasteiger partial charge < -0.3 is 14.8 Å². The summed E-state index contributed by atoms with van der Waals surface area (Å²) >= 11 is 0. The molecule has 0 aromatic heterocycles. The Balaban J connectivity index is 2.12. The topological polar surface area (TPSA) is 123 Å². The lowest BCUT2D eigenvalue weighted by Crippen LogP contribution is -2.41. The first-order chi connectivity index (χ1) is 13.3. The fourth-order valence-corrected chi connectivity index (χ4v) is 3.12. The maximum atomic E-state index is 12.4. The molecule has 150 valence electrons. The average Bonchev–Trinajstić information content (AvgIpc) is 2.66. The summed E-state index contributed by atoms with van der Waals surface area (Å²) < 4.78 is 35.3. The summed E-state index contributed by atoms with van der Waals surface area (Å²) in [5, 5.41) is 2.49. The molecule has 2 aromatic rings. The molecule has 0 heterocycles. The van der Waals surface area contributed by atoms with Gasteiger partial charge in [-0.05, 0) is 49.4 Å². The van der Waals surface area contributed by atoms with Gasteiger partial charge in [-0.25, -0.2) is 8.42 Å². The van der Waals surface area contributed by atoms with Gasteiger partial charge in [-0.1, -0.05) is 0 Å². The minimum absolute atomic E-state index is 0.163. The number of carbonyl (C=O) groups is 2. The quantitative estimate of drug-likeness (QED) is 0.572. The van der Waals surface area contributed by atoms with Gasteiger partial charge in [0.15, 0.2) is 0 Å². The van der Waals surface area contributed by atoms with Crippen molar-refractivity contribution in [3.8, 4) is 11.5 Å². The Morgan fingerprint density at radius 2 is 1.75 bits per heavy atom. The van der Waals surface area contributed by atoms with E-state index in [1.165, 1.54) is 44.4 Å². The smallest absolute Gasteiger partial charge is 0.266 e. The molecule has 0 spiro atoms. The molecule has 9 nitrogen and oxygen atoms in total. The second kappa shape index (κ2) is 9.20. The van der Waals surface area contributed by atoms with Crippen LogP contribution in [0.3, 0.4) is 0 Å². The van der Waals surface area contributed by atoms with Gasteiger partial charge in [0.1, 0.15) is 11.5 Å². The molecule has 0 radical (unpaired) electrons. The number of nitrogens with one attached hydrogen (secondary N) is 3. The van der Waals surface area contributed by atoms with Gasteiger partial charge >= 0.3 is 0 Å². The van der Waals surface area contributed by atoms with Crippen molar-refractivity contribution in [2.24, 2.45) is 0 Å². The van der Waals surface area contributed by atoms with E-state index in [2.05, 4.69) is 10.7 Å². The fourth-order valence-electron chi connectivity index (χ4n) is 2.26. The van der Waals surface area contributed by atoms with Crippen LogP contribution >= 0.6 is 0 Å². The second-order valence-corrected chi connectivity index (χ2v) is 7.24. The first kappa shape index (κ1) is 21.2. The summed E-state index contributed by atoms with van der Waals surface area (Å²) in [6.45, 7) is 3.62. The van der Waals surface area contributed by atoms with Crippen molar-refractivity contribution in [3.63, 3.8) is 0 Å². The molecule has 3 N–H and O–H groups in total. The molecule has 0 aliphatic heterocycles. The van der Waals surface area contributed by atoms with E-state index < -0.39 is 15.9 Å². The zero-order chi connectivity index (χ0) is 20.7. The van der Waals surface area contributed by atoms with Gasteiger partial charge in [-0.2, -0.15) is 0 Å². The van der Waals surface area contributed by atoms with E-state index in [0.29, 0.717) is 18.1 Å². The number of hydrogen-bond acceptors (Lipinski definition) is 6. The number of carbonyl (C=O) groups excluding carboxylic acids is 2. The van der Waals surface area contributed by atoms with Crippen LogP contribution in [0.25, 0.3) is 0 Å². The van der Waals surface area contributed by atoms with Crippen molar-refractivity contribution >= 4 is 27.5 Å². The third-order valence-corrected chi connectivity index (χ3v) is 4.76. The number of methoxy groups -OCH3 is 1. The highest BCUT2D eigenvalue weighted by Gasteiger charge is 2.18. The number of anilines is 1. The van der Waals surface area contributed by atoms with Crippen LogP contribution in [0.1, 0.15) is 24.2 Å². The fraction of sp³-hybridized carbons (Fsp3) is 0.222. The van der Waals surface area contributed by atoms with Crippen LogP contribution < -0.4 is 25.0 Å². The molecule has 0 aliphatic rings. The number of benzene rings is 2. The molecule has 10 heteroatoms. The largest absolute Gasteiger partial charge is 0.495 e. The first-order valence-electron chi connectivity index (χ1n) is 8.27. The number of hydrogen-bond donors (Lipinski definition) is 3. The van der Waals surface area contributed by atoms with Crippen molar-refractivity contribution in [1.29, 1.82) is 0 Å². The number of ether oxygens (including phenoxy) is 2. The number of rotatable bonds is 8. The van der Waals surface area contributed by atoms with E-state index in [4.69, 9.17) is 9.47 Å². The number of hydrazine groups is 1. The lowest BCUT2D eigenvalue weighted by molar-refractivity contribution is -0.114. The Morgan fingerprint density at radius 3 is 2.32 bits per heavy atom. The Bertz CT molecular complexity index is 958. The predicted molar refractivity (Wildman–Crippen MR) is 103 cm³/mol. The zero-order valence-electron chi connectivity index (χ0n) is 15.6. The Labute approximate surface area is 163 Å². The van der Waals surface area contributed by atoms with Crippen LogP contribution in [-0.2, 0) is 14.8 Å². The molecule has 2 amide bonds. The van der Waals surface area contributed by atoms with Crippen molar-refractivity contribution in [2.75, 3.05) is 19.0 Å². The summed E-state index contributed by atoms with van der Waals surface area (Å²) in [5.41, 5.74) is 2.58. The number of sulfonamides is 1. The van der Waals surface area contributed by atoms with E-state index in [1.807, 2.05) is 11.8 Å². The standard InChI is InChI=1S/C18H21N3O6S/c1-4-27-14-7-5-13(6-8-14)18(23)20-21-28(24,25)15-9-10-17(26-3)16(11-15)19-12(2)22/h5-11,21H,4H2,1-3H3,(H,19,22)(H,20,23). The van der Waals surface area contributed by atoms with Crippen molar-refractivity contribution < 1.29 is 27.5 Å². The molecule has 0 unspecified atom stereocenters. The van der Waals surface area contributed by atoms with Crippen LogP contribution in [-0.4, -0.2) is 33.9 Å². The summed E-state index contributed by atoms with van der Waals surface area (Å²) in [6.07, 6.45) is 0. The van der Waals surface area contributed by atoms with Crippen LogP contribution in [0.15, 0.2) is 47.4 Å². The molecule has 0 saturated carbocycles. The molecule has 0 fully saturated rings. The lowest BCUT2D eigenvalue weighted by Gasteiger charge is -2.13. The number of amides is 2. The van der Waals surface area contributed by atoms with Gasteiger partial charge in [-0.3, -0.25) is 15.0 Å². The van der Waals surface area contributed by atoms with Crippen LogP contribution in [0.4, 0.5) is 5.69 Å². The second-order valence-electron chi connectivity index (χ2n) is 5.56. The van der Waals surface area contributed by atoms with Crippen LogP contribution in [0, 0.1) is 0 Å². The minimum atomic E-state index is -4.08. The molecule has 2 aromatic carbocycles. The summed E-state index contributed by atoms with van der Waals surface area (Å²) in [7, 11) is -2.68. The van der Waals surface area contributed by atoms with E-state index in [9.17, 15) is 18.0 Å². The average molecular weight is 407 g/mol. The molecule has 0 aliphatic carbocycles. The third kappa shape index (κ3) is 5.44. The molecule has 28 heavy (non-hydrogen) atoms. The maximum Gasteiger partial charge on any atom is 0.266 e. The highest BCUT2D eigenvalue weighted by atomic mass is 32.2. The molecule has 0 saturated heterocycles.